The van der Waals surface area contributed by atoms with Gasteiger partial charge in [-0.1, -0.05) is 29.8 Å². The van der Waals surface area contributed by atoms with Gasteiger partial charge in [-0.2, -0.15) is 0 Å². The highest BCUT2D eigenvalue weighted by atomic mass is 35.5. The molecule has 0 saturated heterocycles. The van der Waals surface area contributed by atoms with E-state index in [1.807, 2.05) is 49.4 Å². The maximum atomic E-state index is 12.1. The molecule has 1 N–H and O–H groups in total. The Hall–Kier alpha value is -3.44. The Morgan fingerprint density at radius 2 is 1.79 bits per heavy atom. The van der Waals surface area contributed by atoms with Crippen molar-refractivity contribution >= 4 is 34.2 Å². The Morgan fingerprint density at radius 3 is 2.55 bits per heavy atom. The maximum absolute atomic E-state index is 12.1. The molecule has 1 amide bonds. The van der Waals surface area contributed by atoms with Gasteiger partial charge in [0.05, 0.1) is 33.6 Å². The number of aromatic nitrogens is 2. The lowest BCUT2D eigenvalue weighted by Gasteiger charge is -2.10. The molecule has 1 heterocycles. The van der Waals surface area contributed by atoms with Crippen LogP contribution in [0.1, 0.15) is 5.56 Å². The van der Waals surface area contributed by atoms with Crippen LogP contribution in [0.3, 0.4) is 0 Å². The molecule has 29 heavy (non-hydrogen) atoms. The summed E-state index contributed by atoms with van der Waals surface area (Å²) in [6.07, 6.45) is 1.75. The highest BCUT2D eigenvalue weighted by Crippen LogP contribution is 2.24. The van der Waals surface area contributed by atoms with Gasteiger partial charge in [-0.05, 0) is 61.0 Å². The zero-order valence-electron chi connectivity index (χ0n) is 15.7. The summed E-state index contributed by atoms with van der Waals surface area (Å²) in [7, 11) is 0. The molecule has 0 unspecified atom stereocenters. The molecule has 4 aromatic rings. The molecule has 144 valence electrons. The van der Waals surface area contributed by atoms with Crippen LogP contribution >= 0.6 is 11.6 Å². The minimum Gasteiger partial charge on any atom is -0.484 e. The largest absolute Gasteiger partial charge is 0.484 e. The fraction of sp³-hybridized carbons (Fsp3) is 0.0870. The smallest absolute Gasteiger partial charge is 0.262 e. The fourth-order valence-corrected chi connectivity index (χ4v) is 3.16. The number of fused-ring (bicyclic) bond motifs is 1. The Morgan fingerprint density at radius 1 is 1.03 bits per heavy atom. The maximum Gasteiger partial charge on any atom is 0.262 e. The van der Waals surface area contributed by atoms with E-state index in [1.165, 1.54) is 0 Å². The van der Waals surface area contributed by atoms with E-state index in [2.05, 4.69) is 15.3 Å². The van der Waals surface area contributed by atoms with Crippen molar-refractivity contribution in [2.45, 2.75) is 6.92 Å². The molecule has 0 radical (unpaired) electrons. The molecule has 5 nitrogen and oxygen atoms in total. The number of halogens is 1. The van der Waals surface area contributed by atoms with Crippen molar-refractivity contribution in [3.05, 3.63) is 83.5 Å². The Balaban J connectivity index is 1.39. The van der Waals surface area contributed by atoms with E-state index in [0.29, 0.717) is 16.5 Å². The predicted molar refractivity (Wildman–Crippen MR) is 115 cm³/mol. The number of anilines is 1. The van der Waals surface area contributed by atoms with Gasteiger partial charge in [0, 0.05) is 5.56 Å². The molecule has 0 saturated carbocycles. The molecule has 3 aromatic carbocycles. The summed E-state index contributed by atoms with van der Waals surface area (Å²) >= 11 is 6.14. The number of nitrogens with one attached hydrogen (secondary N) is 1. The lowest BCUT2D eigenvalue weighted by atomic mass is 10.1. The van der Waals surface area contributed by atoms with E-state index in [1.54, 1.807) is 30.5 Å². The number of para-hydroxylation sites is 2. The van der Waals surface area contributed by atoms with Crippen LogP contribution in [0.25, 0.3) is 22.3 Å². The van der Waals surface area contributed by atoms with Gasteiger partial charge in [-0.15, -0.1) is 0 Å². The van der Waals surface area contributed by atoms with Crippen LogP contribution in [0, 0.1) is 6.92 Å². The van der Waals surface area contributed by atoms with Crippen molar-refractivity contribution in [3.8, 4) is 17.0 Å². The van der Waals surface area contributed by atoms with Gasteiger partial charge in [-0.25, -0.2) is 4.98 Å². The predicted octanol–water partition coefficient (Wildman–Crippen LogP) is 5.28. The summed E-state index contributed by atoms with van der Waals surface area (Å²) in [6, 6.07) is 20.6. The van der Waals surface area contributed by atoms with E-state index in [9.17, 15) is 4.79 Å². The molecule has 4 rings (SSSR count). The van der Waals surface area contributed by atoms with Crippen LogP contribution in [0.15, 0.2) is 72.9 Å². The highest BCUT2D eigenvalue weighted by molar-refractivity contribution is 6.33. The van der Waals surface area contributed by atoms with Crippen molar-refractivity contribution in [1.29, 1.82) is 0 Å². The summed E-state index contributed by atoms with van der Waals surface area (Å²) in [6.45, 7) is 1.83. The van der Waals surface area contributed by atoms with Crippen LogP contribution in [0.4, 0.5) is 5.69 Å². The molecule has 0 aliphatic rings. The van der Waals surface area contributed by atoms with Crippen LogP contribution in [-0.4, -0.2) is 22.5 Å². The van der Waals surface area contributed by atoms with E-state index < -0.39 is 0 Å². The minimum atomic E-state index is -0.278. The number of aryl methyl sites for hydroxylation is 1. The number of carbonyl (C=O) groups excluding carboxylic acids is 1. The van der Waals surface area contributed by atoms with Gasteiger partial charge in [0.1, 0.15) is 5.75 Å². The average Bonchev–Trinajstić information content (AvgIpc) is 2.74. The molecule has 0 aliphatic carbocycles. The average molecular weight is 404 g/mol. The minimum absolute atomic E-state index is 0.112. The van der Waals surface area contributed by atoms with Gasteiger partial charge in [0.15, 0.2) is 6.61 Å². The Labute approximate surface area is 173 Å². The second-order valence-electron chi connectivity index (χ2n) is 6.59. The zero-order valence-corrected chi connectivity index (χ0v) is 16.5. The number of rotatable bonds is 5. The van der Waals surface area contributed by atoms with Crippen molar-refractivity contribution < 1.29 is 9.53 Å². The third kappa shape index (κ3) is 4.52. The van der Waals surface area contributed by atoms with E-state index in [4.69, 9.17) is 16.3 Å². The van der Waals surface area contributed by atoms with Gasteiger partial charge in [-0.3, -0.25) is 9.78 Å². The molecule has 0 aliphatic heterocycles. The Bertz CT molecular complexity index is 1180. The summed E-state index contributed by atoms with van der Waals surface area (Å²) in [5.41, 5.74) is 5.00. The molecular formula is C23H18ClN3O2. The van der Waals surface area contributed by atoms with Crippen LogP contribution in [0.5, 0.6) is 5.75 Å². The zero-order chi connectivity index (χ0) is 20.2. The van der Waals surface area contributed by atoms with Gasteiger partial charge in [0.2, 0.25) is 0 Å². The third-order valence-electron chi connectivity index (χ3n) is 4.37. The van der Waals surface area contributed by atoms with Crippen LogP contribution in [0.2, 0.25) is 5.02 Å². The fourth-order valence-electron chi connectivity index (χ4n) is 2.87. The van der Waals surface area contributed by atoms with Gasteiger partial charge >= 0.3 is 0 Å². The second-order valence-corrected chi connectivity index (χ2v) is 7.00. The molecule has 0 atom stereocenters. The number of carbonyl (C=O) groups is 1. The molecule has 1 aromatic heterocycles. The SMILES string of the molecule is Cc1ccc(NC(=O)COc2ccc(-c3cnc4ccccc4n3)cc2)c(Cl)c1. The summed E-state index contributed by atoms with van der Waals surface area (Å²) in [5.74, 6) is 0.313. The lowest BCUT2D eigenvalue weighted by molar-refractivity contribution is -0.118. The summed E-state index contributed by atoms with van der Waals surface area (Å²) < 4.78 is 5.57. The first-order valence-corrected chi connectivity index (χ1v) is 9.47. The highest BCUT2D eigenvalue weighted by Gasteiger charge is 2.08. The number of amides is 1. The molecule has 6 heteroatoms. The number of hydrogen-bond acceptors (Lipinski definition) is 4. The first-order chi connectivity index (χ1) is 14.1. The van der Waals surface area contributed by atoms with Gasteiger partial charge in [0.25, 0.3) is 5.91 Å². The summed E-state index contributed by atoms with van der Waals surface area (Å²) in [4.78, 5) is 21.2. The first-order valence-electron chi connectivity index (χ1n) is 9.09. The molecule has 0 spiro atoms. The van der Waals surface area contributed by atoms with Crippen molar-refractivity contribution in [2.24, 2.45) is 0 Å². The molecule has 0 fully saturated rings. The van der Waals surface area contributed by atoms with Gasteiger partial charge < -0.3 is 10.1 Å². The quantitative estimate of drug-likeness (QED) is 0.492. The van der Waals surface area contributed by atoms with E-state index >= 15 is 0 Å². The third-order valence-corrected chi connectivity index (χ3v) is 4.68. The number of benzene rings is 3. The normalized spacial score (nSPS) is 10.7. The second kappa shape index (κ2) is 8.29. The monoisotopic (exact) mass is 403 g/mol. The van der Waals surface area contributed by atoms with Crippen LogP contribution < -0.4 is 10.1 Å². The number of hydrogen-bond donors (Lipinski definition) is 1. The van der Waals surface area contributed by atoms with E-state index in [-0.39, 0.29) is 12.5 Å². The van der Waals surface area contributed by atoms with Crippen molar-refractivity contribution in [2.75, 3.05) is 11.9 Å². The summed E-state index contributed by atoms with van der Waals surface area (Å²) in [5, 5.41) is 3.25. The van der Waals surface area contributed by atoms with Crippen molar-refractivity contribution in [1.82, 2.24) is 9.97 Å². The lowest BCUT2D eigenvalue weighted by Crippen LogP contribution is -2.20. The number of ether oxygens (including phenoxy) is 1. The molecular weight excluding hydrogens is 386 g/mol. The van der Waals surface area contributed by atoms with E-state index in [0.717, 1.165) is 27.9 Å². The first kappa shape index (κ1) is 18.9. The standard InChI is InChI=1S/C23H18ClN3O2/c1-15-6-11-19(18(24)12-15)27-23(28)14-29-17-9-7-16(8-10-17)22-13-25-20-4-2-3-5-21(20)26-22/h2-13H,14H2,1H3,(H,27,28). The van der Waals surface area contributed by atoms with Crippen LogP contribution in [-0.2, 0) is 4.79 Å². The topological polar surface area (TPSA) is 64.1 Å². The van der Waals surface area contributed by atoms with Crippen molar-refractivity contribution in [3.63, 3.8) is 0 Å². The molecule has 0 bridgehead atoms. The number of nitrogens with zero attached hydrogens (tertiary/aromatic N) is 2. The Kier molecular flexibility index (Phi) is 5.40.